The molecule has 0 radical (unpaired) electrons. The highest BCUT2D eigenvalue weighted by atomic mass is 19.3. The van der Waals surface area contributed by atoms with Crippen LogP contribution in [0.2, 0.25) is 0 Å². The van der Waals surface area contributed by atoms with Crippen LogP contribution < -0.4 is 10.6 Å². The molecule has 0 aromatic carbocycles. The summed E-state index contributed by atoms with van der Waals surface area (Å²) in [5.41, 5.74) is 0. The lowest BCUT2D eigenvalue weighted by atomic mass is 10.0. The monoisotopic (exact) mass is 246 g/mol. The third-order valence-electron chi connectivity index (χ3n) is 3.79. The van der Waals surface area contributed by atoms with Gasteiger partial charge in [0.05, 0.1) is 0 Å². The molecule has 17 heavy (non-hydrogen) atoms. The Hall–Kier alpha value is -0.710. The van der Waals surface area contributed by atoms with Gasteiger partial charge in [-0.1, -0.05) is 0 Å². The van der Waals surface area contributed by atoms with Crippen molar-refractivity contribution in [2.75, 3.05) is 19.6 Å². The Morgan fingerprint density at radius 1 is 1.41 bits per heavy atom. The van der Waals surface area contributed by atoms with E-state index in [2.05, 4.69) is 10.6 Å². The van der Waals surface area contributed by atoms with Crippen molar-refractivity contribution >= 4 is 5.91 Å². The number of rotatable bonds is 4. The molecule has 0 bridgehead atoms. The van der Waals surface area contributed by atoms with Gasteiger partial charge in [0.15, 0.2) is 0 Å². The average Bonchev–Trinajstić information content (AvgIpc) is 2.87. The molecule has 2 atom stereocenters. The molecule has 2 fully saturated rings. The van der Waals surface area contributed by atoms with E-state index in [9.17, 15) is 13.6 Å². The van der Waals surface area contributed by atoms with Crippen LogP contribution in [0.25, 0.3) is 0 Å². The van der Waals surface area contributed by atoms with Crippen molar-refractivity contribution in [3.05, 3.63) is 0 Å². The van der Waals surface area contributed by atoms with Crippen LogP contribution in [0, 0.1) is 11.8 Å². The normalized spacial score (nSPS) is 31.6. The number of amides is 1. The molecule has 2 unspecified atom stereocenters. The van der Waals surface area contributed by atoms with Crippen LogP contribution in [0.15, 0.2) is 0 Å². The molecule has 2 N–H and O–H groups in total. The van der Waals surface area contributed by atoms with Gasteiger partial charge in [-0.3, -0.25) is 4.79 Å². The average molecular weight is 246 g/mol. The van der Waals surface area contributed by atoms with Gasteiger partial charge >= 0.3 is 0 Å². The van der Waals surface area contributed by atoms with Gasteiger partial charge in [0.2, 0.25) is 11.8 Å². The van der Waals surface area contributed by atoms with Gasteiger partial charge in [0, 0.05) is 25.3 Å². The summed E-state index contributed by atoms with van der Waals surface area (Å²) in [5.74, 6) is -2.67. The highest BCUT2D eigenvalue weighted by Gasteiger charge is 2.42. The first kappa shape index (κ1) is 12.7. The van der Waals surface area contributed by atoms with Crippen LogP contribution in [0.1, 0.15) is 32.1 Å². The van der Waals surface area contributed by atoms with E-state index in [1.54, 1.807) is 0 Å². The molecular formula is C12H20F2N2O. The molecule has 5 heteroatoms. The maximum Gasteiger partial charge on any atom is 0.248 e. The van der Waals surface area contributed by atoms with E-state index >= 15 is 0 Å². The van der Waals surface area contributed by atoms with Gasteiger partial charge in [-0.15, -0.1) is 0 Å². The van der Waals surface area contributed by atoms with Crippen molar-refractivity contribution in [1.29, 1.82) is 0 Å². The fourth-order valence-corrected chi connectivity index (χ4v) is 2.68. The minimum absolute atomic E-state index is 0.141. The fraction of sp³-hybridized carbons (Fsp3) is 0.917. The zero-order valence-corrected chi connectivity index (χ0v) is 9.98. The number of halogens is 2. The number of nitrogens with one attached hydrogen (secondary N) is 2. The number of carbonyl (C=O) groups is 1. The summed E-state index contributed by atoms with van der Waals surface area (Å²) < 4.78 is 25.9. The van der Waals surface area contributed by atoms with Gasteiger partial charge in [0.1, 0.15) is 0 Å². The second-order valence-electron chi connectivity index (χ2n) is 5.23. The summed E-state index contributed by atoms with van der Waals surface area (Å²) in [4.78, 5) is 11.6. The largest absolute Gasteiger partial charge is 0.356 e. The first-order valence-electron chi connectivity index (χ1n) is 6.43. The molecule has 1 aliphatic heterocycles. The second-order valence-corrected chi connectivity index (χ2v) is 5.23. The molecule has 1 aliphatic carbocycles. The molecule has 1 amide bonds. The molecule has 1 heterocycles. The summed E-state index contributed by atoms with van der Waals surface area (Å²) in [5, 5.41) is 6.05. The summed E-state index contributed by atoms with van der Waals surface area (Å²) >= 11 is 0. The Labute approximate surface area is 100 Å². The minimum Gasteiger partial charge on any atom is -0.356 e. The third-order valence-corrected chi connectivity index (χ3v) is 3.79. The van der Waals surface area contributed by atoms with Crippen LogP contribution in [0.4, 0.5) is 8.78 Å². The summed E-state index contributed by atoms with van der Waals surface area (Å²) in [6, 6.07) is 0. The molecule has 0 aromatic rings. The summed E-state index contributed by atoms with van der Waals surface area (Å²) in [6.07, 6.45) is 2.00. The molecule has 2 rings (SSSR count). The summed E-state index contributed by atoms with van der Waals surface area (Å²) in [6.45, 7) is 2.68. The quantitative estimate of drug-likeness (QED) is 0.790. The van der Waals surface area contributed by atoms with Crippen LogP contribution in [-0.2, 0) is 4.79 Å². The molecule has 0 spiro atoms. The zero-order chi connectivity index (χ0) is 12.3. The van der Waals surface area contributed by atoms with Gasteiger partial charge < -0.3 is 10.6 Å². The van der Waals surface area contributed by atoms with Crippen LogP contribution in [-0.4, -0.2) is 31.5 Å². The highest BCUT2D eigenvalue weighted by Crippen LogP contribution is 2.38. The van der Waals surface area contributed by atoms with E-state index in [-0.39, 0.29) is 18.7 Å². The van der Waals surface area contributed by atoms with Gasteiger partial charge in [0.25, 0.3) is 0 Å². The van der Waals surface area contributed by atoms with Crippen LogP contribution >= 0.6 is 0 Å². The third kappa shape index (κ3) is 3.63. The molecule has 2 aliphatic rings. The smallest absolute Gasteiger partial charge is 0.248 e. The maximum atomic E-state index is 12.9. The Balaban J connectivity index is 1.64. The standard InChI is InChI=1S/C12H20F2N2O/c13-12(14)4-1-10(7-12)11(17)16-6-3-9-2-5-15-8-9/h9-10,15H,1-8H2,(H,16,17). The van der Waals surface area contributed by atoms with E-state index in [0.717, 1.165) is 25.9 Å². The van der Waals surface area contributed by atoms with Crippen molar-refractivity contribution in [2.24, 2.45) is 11.8 Å². The SMILES string of the molecule is O=C(NCCC1CCNC1)C1CCC(F)(F)C1. The van der Waals surface area contributed by atoms with Crippen LogP contribution in [0.3, 0.4) is 0 Å². The molecule has 0 aromatic heterocycles. The lowest BCUT2D eigenvalue weighted by molar-refractivity contribution is -0.125. The lowest BCUT2D eigenvalue weighted by Gasteiger charge is -2.13. The summed E-state index contributed by atoms with van der Waals surface area (Å²) in [7, 11) is 0. The molecular weight excluding hydrogens is 226 g/mol. The van der Waals surface area contributed by atoms with E-state index in [1.807, 2.05) is 0 Å². The lowest BCUT2D eigenvalue weighted by Crippen LogP contribution is -2.32. The number of hydrogen-bond acceptors (Lipinski definition) is 2. The second kappa shape index (κ2) is 5.29. The Kier molecular flexibility index (Phi) is 3.97. The Morgan fingerprint density at radius 2 is 2.24 bits per heavy atom. The zero-order valence-electron chi connectivity index (χ0n) is 9.98. The first-order valence-corrected chi connectivity index (χ1v) is 6.43. The van der Waals surface area contributed by atoms with Crippen molar-refractivity contribution in [2.45, 2.75) is 38.0 Å². The predicted octanol–water partition coefficient (Wildman–Crippen LogP) is 1.54. The van der Waals surface area contributed by atoms with Crippen molar-refractivity contribution in [3.63, 3.8) is 0 Å². The number of carbonyl (C=O) groups excluding carboxylic acids is 1. The Bertz CT molecular complexity index is 278. The fourth-order valence-electron chi connectivity index (χ4n) is 2.68. The molecule has 1 saturated heterocycles. The van der Waals surface area contributed by atoms with Crippen molar-refractivity contribution < 1.29 is 13.6 Å². The maximum absolute atomic E-state index is 12.9. The molecule has 1 saturated carbocycles. The van der Waals surface area contributed by atoms with Crippen LogP contribution in [0.5, 0.6) is 0 Å². The van der Waals surface area contributed by atoms with Crippen molar-refractivity contribution in [1.82, 2.24) is 10.6 Å². The molecule has 98 valence electrons. The van der Waals surface area contributed by atoms with E-state index in [1.165, 1.54) is 0 Å². The molecule has 3 nitrogen and oxygen atoms in total. The van der Waals surface area contributed by atoms with Gasteiger partial charge in [-0.05, 0) is 38.3 Å². The number of hydrogen-bond donors (Lipinski definition) is 2. The van der Waals surface area contributed by atoms with Crippen molar-refractivity contribution in [3.8, 4) is 0 Å². The number of alkyl halides is 2. The minimum atomic E-state index is -2.63. The highest BCUT2D eigenvalue weighted by molar-refractivity contribution is 5.79. The Morgan fingerprint density at radius 3 is 2.82 bits per heavy atom. The van der Waals surface area contributed by atoms with Gasteiger partial charge in [-0.2, -0.15) is 0 Å². The van der Waals surface area contributed by atoms with E-state index < -0.39 is 11.8 Å². The first-order chi connectivity index (χ1) is 8.07. The topological polar surface area (TPSA) is 41.1 Å². The predicted molar refractivity (Wildman–Crippen MR) is 60.9 cm³/mol. The van der Waals surface area contributed by atoms with E-state index in [0.29, 0.717) is 18.9 Å². The van der Waals surface area contributed by atoms with E-state index in [4.69, 9.17) is 0 Å². The van der Waals surface area contributed by atoms with Gasteiger partial charge in [-0.25, -0.2) is 8.78 Å².